The number of aromatic nitrogens is 5. The molecule has 0 fully saturated rings. The average Bonchev–Trinajstić information content (AvgIpc) is 3.15. The lowest BCUT2D eigenvalue weighted by Gasteiger charge is -2.07. The highest BCUT2D eigenvalue weighted by molar-refractivity contribution is 7.12. The van der Waals surface area contributed by atoms with Gasteiger partial charge in [-0.3, -0.25) is 4.79 Å². The predicted molar refractivity (Wildman–Crippen MR) is 80.4 cm³/mol. The summed E-state index contributed by atoms with van der Waals surface area (Å²) in [6.07, 6.45) is -4.56. The maximum absolute atomic E-state index is 13.1. The van der Waals surface area contributed by atoms with Crippen molar-refractivity contribution in [3.05, 3.63) is 46.0 Å². The molecule has 0 amide bonds. The fourth-order valence-corrected chi connectivity index (χ4v) is 3.01. The lowest BCUT2D eigenvalue weighted by molar-refractivity contribution is -0.142. The van der Waals surface area contributed by atoms with Crippen molar-refractivity contribution in [2.45, 2.75) is 26.9 Å². The lowest BCUT2D eigenvalue weighted by atomic mass is 10.3. The summed E-state index contributed by atoms with van der Waals surface area (Å²) in [5, 5.41) is 9.25. The van der Waals surface area contributed by atoms with Gasteiger partial charge in [-0.25, -0.2) is 9.67 Å². The van der Waals surface area contributed by atoms with Gasteiger partial charge < -0.3 is 0 Å². The molecule has 3 aromatic rings. The van der Waals surface area contributed by atoms with Crippen LogP contribution in [0, 0.1) is 20.8 Å². The van der Waals surface area contributed by atoms with Crippen LogP contribution in [0.2, 0.25) is 0 Å². The summed E-state index contributed by atoms with van der Waals surface area (Å²) in [5.41, 5.74) is 0.585. The summed E-state index contributed by atoms with van der Waals surface area (Å²) in [5.74, 6) is -0.500. The molecule has 10 heteroatoms. The second-order valence-electron chi connectivity index (χ2n) is 5.24. The van der Waals surface area contributed by atoms with Gasteiger partial charge >= 0.3 is 6.18 Å². The highest BCUT2D eigenvalue weighted by atomic mass is 32.1. The molecule has 0 N–H and O–H groups in total. The Hall–Kier alpha value is -2.49. The number of hydrogen-bond donors (Lipinski definition) is 0. The van der Waals surface area contributed by atoms with E-state index >= 15 is 0 Å². The first kappa shape index (κ1) is 16.4. The van der Waals surface area contributed by atoms with Crippen LogP contribution in [-0.2, 0) is 6.18 Å². The van der Waals surface area contributed by atoms with Gasteiger partial charge in [-0.1, -0.05) is 0 Å². The number of rotatable bonds is 2. The van der Waals surface area contributed by atoms with Gasteiger partial charge in [0.1, 0.15) is 5.69 Å². The Morgan fingerprint density at radius 3 is 2.38 bits per heavy atom. The van der Waals surface area contributed by atoms with Crippen LogP contribution >= 0.6 is 11.3 Å². The zero-order chi connectivity index (χ0) is 17.6. The molecule has 0 radical (unpaired) electrons. The minimum absolute atomic E-state index is 0.0162. The molecule has 0 unspecified atom stereocenters. The van der Waals surface area contributed by atoms with Gasteiger partial charge in [-0.2, -0.15) is 28.1 Å². The SMILES string of the molecule is Cc1cc(C)n(C(=O)c2csc(-n3nc(C)cc3C(F)(F)F)n2)n1. The van der Waals surface area contributed by atoms with E-state index in [2.05, 4.69) is 15.2 Å². The molecule has 0 aliphatic rings. The molecule has 0 aromatic carbocycles. The summed E-state index contributed by atoms with van der Waals surface area (Å²) in [7, 11) is 0. The monoisotopic (exact) mass is 355 g/mol. The highest BCUT2D eigenvalue weighted by Crippen LogP contribution is 2.32. The van der Waals surface area contributed by atoms with Crippen molar-refractivity contribution in [1.82, 2.24) is 24.5 Å². The molecule has 0 aliphatic heterocycles. The van der Waals surface area contributed by atoms with E-state index < -0.39 is 17.8 Å². The minimum Gasteiger partial charge on any atom is -0.265 e. The number of halogens is 3. The number of carbonyl (C=O) groups is 1. The van der Waals surface area contributed by atoms with E-state index in [0.29, 0.717) is 16.1 Å². The summed E-state index contributed by atoms with van der Waals surface area (Å²) >= 11 is 0.909. The van der Waals surface area contributed by atoms with E-state index in [9.17, 15) is 18.0 Å². The third-order valence-corrected chi connectivity index (χ3v) is 4.03. The highest BCUT2D eigenvalue weighted by Gasteiger charge is 2.36. The molecule has 126 valence electrons. The molecule has 0 saturated carbocycles. The Kier molecular flexibility index (Phi) is 3.78. The number of carbonyl (C=O) groups excluding carboxylic acids is 1. The molecule has 24 heavy (non-hydrogen) atoms. The topological polar surface area (TPSA) is 65.6 Å². The molecule has 6 nitrogen and oxygen atoms in total. The van der Waals surface area contributed by atoms with Gasteiger partial charge in [-0.05, 0) is 32.9 Å². The Balaban J connectivity index is 2.00. The van der Waals surface area contributed by atoms with Crippen molar-refractivity contribution >= 4 is 17.2 Å². The van der Waals surface area contributed by atoms with Gasteiger partial charge in [0, 0.05) is 11.1 Å². The van der Waals surface area contributed by atoms with E-state index in [1.807, 2.05) is 0 Å². The van der Waals surface area contributed by atoms with E-state index in [1.54, 1.807) is 19.9 Å². The van der Waals surface area contributed by atoms with Crippen molar-refractivity contribution in [2.24, 2.45) is 0 Å². The average molecular weight is 355 g/mol. The first-order valence-corrected chi connectivity index (χ1v) is 7.72. The molecule has 3 heterocycles. The van der Waals surface area contributed by atoms with Crippen LogP contribution in [0.1, 0.15) is 33.3 Å². The first-order chi connectivity index (χ1) is 11.2. The van der Waals surface area contributed by atoms with E-state index in [0.717, 1.165) is 17.4 Å². The van der Waals surface area contributed by atoms with Crippen molar-refractivity contribution in [1.29, 1.82) is 0 Å². The quantitative estimate of drug-likeness (QED) is 0.708. The van der Waals surface area contributed by atoms with Gasteiger partial charge in [0.05, 0.1) is 11.4 Å². The standard InChI is InChI=1S/C14H12F3N5OS/c1-7-4-9(3)21(19-7)12(23)10-6-24-13(18-10)22-11(14(15,16)17)5-8(2)20-22/h4-6H,1-3H3. The molecule has 0 atom stereocenters. The summed E-state index contributed by atoms with van der Waals surface area (Å²) in [4.78, 5) is 16.4. The first-order valence-electron chi connectivity index (χ1n) is 6.84. The normalized spacial score (nSPS) is 11.9. The number of aryl methyl sites for hydroxylation is 3. The predicted octanol–water partition coefficient (Wildman–Crippen LogP) is 3.16. The van der Waals surface area contributed by atoms with E-state index in [4.69, 9.17) is 0 Å². The Morgan fingerprint density at radius 1 is 1.12 bits per heavy atom. The summed E-state index contributed by atoms with van der Waals surface area (Å²) in [6.45, 7) is 4.91. The van der Waals surface area contributed by atoms with Crippen molar-refractivity contribution in [3.8, 4) is 5.13 Å². The van der Waals surface area contributed by atoms with Crippen molar-refractivity contribution < 1.29 is 18.0 Å². The van der Waals surface area contributed by atoms with Crippen LogP contribution in [0.5, 0.6) is 0 Å². The van der Waals surface area contributed by atoms with Gasteiger partial charge in [-0.15, -0.1) is 11.3 Å². The van der Waals surface area contributed by atoms with E-state index in [1.165, 1.54) is 17.0 Å². The van der Waals surface area contributed by atoms with Crippen LogP contribution in [0.3, 0.4) is 0 Å². The molecule has 0 spiro atoms. The lowest BCUT2D eigenvalue weighted by Crippen LogP contribution is -2.16. The van der Waals surface area contributed by atoms with Crippen LogP contribution in [0.4, 0.5) is 13.2 Å². The molecule has 3 aromatic heterocycles. The molecule has 3 rings (SSSR count). The van der Waals surface area contributed by atoms with Crippen LogP contribution in [-0.4, -0.2) is 30.5 Å². The van der Waals surface area contributed by atoms with Crippen molar-refractivity contribution in [3.63, 3.8) is 0 Å². The molecule has 0 aliphatic carbocycles. The zero-order valence-corrected chi connectivity index (χ0v) is 13.7. The molecule has 0 saturated heterocycles. The third kappa shape index (κ3) is 2.84. The number of hydrogen-bond acceptors (Lipinski definition) is 5. The second kappa shape index (κ2) is 5.55. The fraction of sp³-hybridized carbons (Fsp3) is 0.286. The van der Waals surface area contributed by atoms with Gasteiger partial charge in [0.25, 0.3) is 5.91 Å². The zero-order valence-electron chi connectivity index (χ0n) is 12.9. The Morgan fingerprint density at radius 2 is 1.79 bits per heavy atom. The largest absolute Gasteiger partial charge is 0.433 e. The number of nitrogens with zero attached hydrogens (tertiary/aromatic N) is 5. The maximum Gasteiger partial charge on any atom is 0.433 e. The summed E-state index contributed by atoms with van der Waals surface area (Å²) < 4.78 is 41.1. The smallest absolute Gasteiger partial charge is 0.265 e. The van der Waals surface area contributed by atoms with Gasteiger partial charge in [0.2, 0.25) is 5.13 Å². The number of thiazole rings is 1. The molecular formula is C14H12F3N5OS. The van der Waals surface area contributed by atoms with E-state index in [-0.39, 0.29) is 16.5 Å². The number of alkyl halides is 3. The minimum atomic E-state index is -4.56. The van der Waals surface area contributed by atoms with Crippen LogP contribution < -0.4 is 0 Å². The molecule has 0 bridgehead atoms. The Labute approximate surface area is 138 Å². The maximum atomic E-state index is 13.1. The summed E-state index contributed by atoms with van der Waals surface area (Å²) in [6, 6.07) is 2.66. The van der Waals surface area contributed by atoms with Crippen molar-refractivity contribution in [2.75, 3.05) is 0 Å². The fourth-order valence-electron chi connectivity index (χ4n) is 2.25. The van der Waals surface area contributed by atoms with Crippen LogP contribution in [0.15, 0.2) is 17.5 Å². The molecular weight excluding hydrogens is 343 g/mol. The second-order valence-corrected chi connectivity index (χ2v) is 6.08. The Bertz CT molecular complexity index is 921. The van der Waals surface area contributed by atoms with Gasteiger partial charge in [0.15, 0.2) is 5.69 Å². The third-order valence-electron chi connectivity index (χ3n) is 3.22. The van der Waals surface area contributed by atoms with Crippen LogP contribution in [0.25, 0.3) is 5.13 Å².